The van der Waals surface area contributed by atoms with Crippen molar-refractivity contribution < 1.29 is 0 Å². The summed E-state index contributed by atoms with van der Waals surface area (Å²) in [7, 11) is 1.86. The summed E-state index contributed by atoms with van der Waals surface area (Å²) in [5, 5.41) is 12.7. The molecule has 122 valence electrons. The van der Waals surface area contributed by atoms with Crippen LogP contribution in [0.3, 0.4) is 0 Å². The van der Waals surface area contributed by atoms with E-state index >= 15 is 0 Å². The van der Waals surface area contributed by atoms with Gasteiger partial charge in [-0.05, 0) is 12.3 Å². The number of fused-ring (bicyclic) bond motifs is 1. The molecule has 22 heavy (non-hydrogen) atoms. The number of rotatable bonds is 3. The molecule has 0 bridgehead atoms. The lowest BCUT2D eigenvalue weighted by molar-refractivity contribution is 0.380. The Morgan fingerprint density at radius 2 is 2.27 bits per heavy atom. The van der Waals surface area contributed by atoms with E-state index in [4.69, 9.17) is 0 Å². The van der Waals surface area contributed by atoms with E-state index in [-0.39, 0.29) is 0 Å². The highest BCUT2D eigenvalue weighted by Crippen LogP contribution is 2.24. The van der Waals surface area contributed by atoms with E-state index in [1.807, 2.05) is 7.05 Å². The fraction of sp³-hybridized carbons (Fsp3) is 0.800. The molecule has 3 rings (SSSR count). The van der Waals surface area contributed by atoms with Gasteiger partial charge in [-0.3, -0.25) is 4.99 Å². The molecule has 1 saturated heterocycles. The van der Waals surface area contributed by atoms with Gasteiger partial charge in [0.05, 0.1) is 6.54 Å². The standard InChI is InChI=1S/C15H26N6S/c1-11(2)12-10-20(7-8-22-12)15(16-3)17-9-14-19-18-13-5-4-6-21(13)14/h11-12H,4-10H2,1-3H3,(H,16,17). The van der Waals surface area contributed by atoms with Gasteiger partial charge in [-0.2, -0.15) is 11.8 Å². The predicted molar refractivity (Wildman–Crippen MR) is 91.2 cm³/mol. The molecule has 0 aliphatic carbocycles. The molecule has 0 spiro atoms. The number of aliphatic imine (C=N–C) groups is 1. The number of aryl methyl sites for hydroxylation is 1. The fourth-order valence-corrected chi connectivity index (χ4v) is 4.40. The second-order valence-electron chi connectivity index (χ2n) is 6.29. The minimum absolute atomic E-state index is 0.685. The highest BCUT2D eigenvalue weighted by Gasteiger charge is 2.25. The number of guanidine groups is 1. The topological polar surface area (TPSA) is 58.3 Å². The van der Waals surface area contributed by atoms with E-state index in [2.05, 4.69) is 55.6 Å². The molecule has 1 aromatic heterocycles. The maximum Gasteiger partial charge on any atom is 0.194 e. The third-order valence-electron chi connectivity index (χ3n) is 4.44. The molecule has 6 nitrogen and oxygen atoms in total. The number of thioether (sulfide) groups is 1. The van der Waals surface area contributed by atoms with Crippen molar-refractivity contribution in [2.75, 3.05) is 25.9 Å². The molecule has 1 unspecified atom stereocenters. The molecule has 0 radical (unpaired) electrons. The number of aromatic nitrogens is 3. The van der Waals surface area contributed by atoms with Gasteiger partial charge < -0.3 is 14.8 Å². The molecule has 0 aromatic carbocycles. The smallest absolute Gasteiger partial charge is 0.194 e. The Balaban J connectivity index is 1.60. The first-order valence-electron chi connectivity index (χ1n) is 8.17. The third kappa shape index (κ3) is 3.24. The van der Waals surface area contributed by atoms with Gasteiger partial charge >= 0.3 is 0 Å². The molecular formula is C15H26N6S. The van der Waals surface area contributed by atoms with Crippen molar-refractivity contribution in [2.24, 2.45) is 10.9 Å². The van der Waals surface area contributed by atoms with E-state index < -0.39 is 0 Å². The van der Waals surface area contributed by atoms with Crippen molar-refractivity contribution >= 4 is 17.7 Å². The van der Waals surface area contributed by atoms with E-state index in [0.717, 1.165) is 43.7 Å². The van der Waals surface area contributed by atoms with Crippen molar-refractivity contribution in [3.8, 4) is 0 Å². The van der Waals surface area contributed by atoms with E-state index in [9.17, 15) is 0 Å². The van der Waals surface area contributed by atoms with Crippen molar-refractivity contribution in [3.05, 3.63) is 11.6 Å². The molecular weight excluding hydrogens is 296 g/mol. The van der Waals surface area contributed by atoms with Gasteiger partial charge in [-0.15, -0.1) is 10.2 Å². The minimum Gasteiger partial charge on any atom is -0.349 e. The lowest BCUT2D eigenvalue weighted by Gasteiger charge is -2.36. The quantitative estimate of drug-likeness (QED) is 0.673. The molecule has 1 fully saturated rings. The van der Waals surface area contributed by atoms with Gasteiger partial charge in [0.25, 0.3) is 0 Å². The summed E-state index contributed by atoms with van der Waals surface area (Å²) in [5.74, 6) is 5.01. The van der Waals surface area contributed by atoms with E-state index in [0.29, 0.717) is 17.7 Å². The normalized spacial score (nSPS) is 22.3. The van der Waals surface area contributed by atoms with Gasteiger partial charge in [-0.25, -0.2) is 0 Å². The van der Waals surface area contributed by atoms with Crippen LogP contribution >= 0.6 is 11.8 Å². The summed E-state index contributed by atoms with van der Waals surface area (Å²) in [6, 6.07) is 0. The summed E-state index contributed by atoms with van der Waals surface area (Å²) in [4.78, 5) is 6.84. The Bertz CT molecular complexity index is 538. The lowest BCUT2D eigenvalue weighted by atomic mass is 10.1. The molecule has 1 aromatic rings. The Labute approximate surface area is 136 Å². The Morgan fingerprint density at radius 3 is 3.05 bits per heavy atom. The van der Waals surface area contributed by atoms with Gasteiger partial charge in [0, 0.05) is 44.1 Å². The second kappa shape index (κ2) is 6.89. The number of nitrogens with zero attached hydrogens (tertiary/aromatic N) is 5. The van der Waals surface area contributed by atoms with Crippen molar-refractivity contribution in [1.82, 2.24) is 25.0 Å². The zero-order valence-corrected chi connectivity index (χ0v) is 14.6. The first kappa shape index (κ1) is 15.6. The number of nitrogens with one attached hydrogen (secondary N) is 1. The molecule has 2 aliphatic rings. The monoisotopic (exact) mass is 322 g/mol. The molecule has 3 heterocycles. The van der Waals surface area contributed by atoms with E-state index in [1.54, 1.807) is 0 Å². The van der Waals surface area contributed by atoms with Crippen molar-refractivity contribution in [1.29, 1.82) is 0 Å². The van der Waals surface area contributed by atoms with Crippen molar-refractivity contribution in [2.45, 2.75) is 45.0 Å². The van der Waals surface area contributed by atoms with Crippen LogP contribution in [0.1, 0.15) is 31.9 Å². The largest absolute Gasteiger partial charge is 0.349 e. The molecule has 1 N–H and O–H groups in total. The van der Waals surface area contributed by atoms with Crippen LogP contribution in [0.4, 0.5) is 0 Å². The molecule has 0 amide bonds. The van der Waals surface area contributed by atoms with Crippen LogP contribution in [0.15, 0.2) is 4.99 Å². The third-order valence-corrected chi connectivity index (χ3v) is 5.98. The van der Waals surface area contributed by atoms with Crippen LogP contribution in [-0.4, -0.2) is 56.8 Å². The van der Waals surface area contributed by atoms with Crippen LogP contribution in [0, 0.1) is 5.92 Å². The van der Waals surface area contributed by atoms with Crippen LogP contribution in [0.2, 0.25) is 0 Å². The minimum atomic E-state index is 0.685. The highest BCUT2D eigenvalue weighted by atomic mass is 32.2. The number of hydrogen-bond acceptors (Lipinski definition) is 4. The summed E-state index contributed by atoms with van der Waals surface area (Å²) < 4.78 is 2.24. The van der Waals surface area contributed by atoms with Crippen LogP contribution in [0.25, 0.3) is 0 Å². The number of hydrogen-bond donors (Lipinski definition) is 1. The first-order valence-corrected chi connectivity index (χ1v) is 9.22. The Morgan fingerprint density at radius 1 is 1.41 bits per heavy atom. The highest BCUT2D eigenvalue weighted by molar-refractivity contribution is 8.00. The van der Waals surface area contributed by atoms with Gasteiger partial charge in [-0.1, -0.05) is 13.8 Å². The fourth-order valence-electron chi connectivity index (χ4n) is 3.10. The molecule has 1 atom stereocenters. The average Bonchev–Trinajstić information content (AvgIpc) is 3.12. The Kier molecular flexibility index (Phi) is 4.90. The maximum absolute atomic E-state index is 4.46. The summed E-state index contributed by atoms with van der Waals surface area (Å²) in [6.45, 7) is 8.49. The van der Waals surface area contributed by atoms with Gasteiger partial charge in [0.2, 0.25) is 0 Å². The second-order valence-corrected chi connectivity index (χ2v) is 7.63. The summed E-state index contributed by atoms with van der Waals surface area (Å²) >= 11 is 2.08. The molecule has 2 aliphatic heterocycles. The molecule has 7 heteroatoms. The summed E-state index contributed by atoms with van der Waals surface area (Å²) in [5.41, 5.74) is 0. The SMILES string of the molecule is CN=C(NCc1nnc2n1CCC2)N1CCSC(C(C)C)C1. The zero-order valence-electron chi connectivity index (χ0n) is 13.7. The summed E-state index contributed by atoms with van der Waals surface area (Å²) in [6.07, 6.45) is 2.24. The maximum atomic E-state index is 4.46. The van der Waals surface area contributed by atoms with Crippen LogP contribution in [-0.2, 0) is 19.5 Å². The first-order chi connectivity index (χ1) is 10.7. The van der Waals surface area contributed by atoms with Gasteiger partial charge in [0.1, 0.15) is 5.82 Å². The van der Waals surface area contributed by atoms with E-state index in [1.165, 1.54) is 12.2 Å². The molecule has 0 saturated carbocycles. The average molecular weight is 322 g/mol. The van der Waals surface area contributed by atoms with Crippen LogP contribution < -0.4 is 5.32 Å². The van der Waals surface area contributed by atoms with Crippen LogP contribution in [0.5, 0.6) is 0 Å². The Hall–Kier alpha value is -1.24. The van der Waals surface area contributed by atoms with Gasteiger partial charge in [0.15, 0.2) is 11.8 Å². The predicted octanol–water partition coefficient (Wildman–Crippen LogP) is 1.37. The lowest BCUT2D eigenvalue weighted by Crippen LogP contribution is -2.48. The zero-order chi connectivity index (χ0) is 15.5. The van der Waals surface area contributed by atoms with Crippen molar-refractivity contribution in [3.63, 3.8) is 0 Å².